The SMILES string of the molecule is CCCCCCOC(=O)C(C)(C)CC(C)(CC)C(=O)OCCCC.CCCCOC(=O)C(C)(CC)CC(C)(C)C(=O)OCC(CC)CCCC. The lowest BCUT2D eigenvalue weighted by Crippen LogP contribution is -2.39. The largest absolute Gasteiger partial charge is 0.465 e. The Morgan fingerprint density at radius 3 is 1.22 bits per heavy atom. The zero-order valence-electron chi connectivity index (χ0n) is 35.0. The van der Waals surface area contributed by atoms with Crippen LogP contribution in [-0.4, -0.2) is 50.3 Å². The molecule has 8 nitrogen and oxygen atoms in total. The first-order chi connectivity index (χ1) is 23.4. The molecule has 0 aliphatic carbocycles. The molecule has 0 heterocycles. The topological polar surface area (TPSA) is 105 Å². The van der Waals surface area contributed by atoms with Gasteiger partial charge in [0.1, 0.15) is 0 Å². The lowest BCUT2D eigenvalue weighted by atomic mass is 9.72. The van der Waals surface area contributed by atoms with Crippen LogP contribution in [0.1, 0.15) is 193 Å². The van der Waals surface area contributed by atoms with Crippen LogP contribution in [0.15, 0.2) is 0 Å². The van der Waals surface area contributed by atoms with Gasteiger partial charge in [-0.3, -0.25) is 19.2 Å². The van der Waals surface area contributed by atoms with Gasteiger partial charge in [0.05, 0.1) is 48.1 Å². The average molecular weight is 713 g/mol. The molecule has 0 spiro atoms. The van der Waals surface area contributed by atoms with Crippen LogP contribution in [0.25, 0.3) is 0 Å². The molecular formula is C42H80O8. The van der Waals surface area contributed by atoms with Crippen molar-refractivity contribution in [3.8, 4) is 0 Å². The van der Waals surface area contributed by atoms with Crippen molar-refractivity contribution in [3.63, 3.8) is 0 Å². The molecule has 0 bridgehead atoms. The quantitative estimate of drug-likeness (QED) is 0.0471. The second-order valence-corrected chi connectivity index (χ2v) is 16.1. The van der Waals surface area contributed by atoms with Gasteiger partial charge in [0, 0.05) is 0 Å². The summed E-state index contributed by atoms with van der Waals surface area (Å²) < 4.78 is 21.9. The van der Waals surface area contributed by atoms with E-state index >= 15 is 0 Å². The molecule has 0 saturated carbocycles. The molecule has 0 N–H and O–H groups in total. The second-order valence-electron chi connectivity index (χ2n) is 16.1. The molecule has 50 heavy (non-hydrogen) atoms. The van der Waals surface area contributed by atoms with Gasteiger partial charge in [-0.15, -0.1) is 0 Å². The Labute approximate surface area is 308 Å². The number of hydrogen-bond acceptors (Lipinski definition) is 8. The molecule has 0 amide bonds. The number of ether oxygens (including phenoxy) is 4. The van der Waals surface area contributed by atoms with Crippen molar-refractivity contribution in [1.29, 1.82) is 0 Å². The van der Waals surface area contributed by atoms with Crippen LogP contribution in [0.4, 0.5) is 0 Å². The zero-order valence-corrected chi connectivity index (χ0v) is 35.0. The van der Waals surface area contributed by atoms with Gasteiger partial charge in [0.25, 0.3) is 0 Å². The van der Waals surface area contributed by atoms with Crippen molar-refractivity contribution < 1.29 is 38.1 Å². The van der Waals surface area contributed by atoms with E-state index in [1.54, 1.807) is 0 Å². The number of carbonyl (C=O) groups is 4. The number of hydrogen-bond donors (Lipinski definition) is 0. The fourth-order valence-electron chi connectivity index (χ4n) is 5.92. The minimum absolute atomic E-state index is 0.205. The third kappa shape index (κ3) is 20.1. The van der Waals surface area contributed by atoms with E-state index in [-0.39, 0.29) is 23.9 Å². The van der Waals surface area contributed by atoms with Gasteiger partial charge in [0.2, 0.25) is 0 Å². The molecule has 3 atom stereocenters. The second kappa shape index (κ2) is 26.6. The van der Waals surface area contributed by atoms with Crippen LogP contribution in [0, 0.1) is 27.6 Å². The normalized spacial score (nSPS) is 14.7. The average Bonchev–Trinajstić information content (AvgIpc) is 3.07. The molecule has 296 valence electrons. The Balaban J connectivity index is 0. The van der Waals surface area contributed by atoms with Gasteiger partial charge in [-0.05, 0) is 98.8 Å². The van der Waals surface area contributed by atoms with E-state index in [1.165, 1.54) is 6.42 Å². The van der Waals surface area contributed by atoms with Gasteiger partial charge in [-0.1, -0.05) is 99.8 Å². The van der Waals surface area contributed by atoms with E-state index in [1.807, 2.05) is 55.4 Å². The van der Waals surface area contributed by atoms with E-state index in [4.69, 9.17) is 18.9 Å². The van der Waals surface area contributed by atoms with Gasteiger partial charge >= 0.3 is 23.9 Å². The number of carbonyl (C=O) groups excluding carboxylic acids is 4. The van der Waals surface area contributed by atoms with E-state index in [0.29, 0.717) is 58.0 Å². The van der Waals surface area contributed by atoms with Crippen molar-refractivity contribution in [2.75, 3.05) is 26.4 Å². The third-order valence-corrected chi connectivity index (χ3v) is 10.0. The van der Waals surface area contributed by atoms with E-state index in [9.17, 15) is 19.2 Å². The van der Waals surface area contributed by atoms with Gasteiger partial charge in [-0.2, -0.15) is 0 Å². The Morgan fingerprint density at radius 2 is 0.840 bits per heavy atom. The monoisotopic (exact) mass is 713 g/mol. The Bertz CT molecular complexity index is 942. The predicted octanol–water partition coefficient (Wildman–Crippen LogP) is 11.2. The Hall–Kier alpha value is -2.12. The van der Waals surface area contributed by atoms with Crippen molar-refractivity contribution in [3.05, 3.63) is 0 Å². The summed E-state index contributed by atoms with van der Waals surface area (Å²) >= 11 is 0. The van der Waals surface area contributed by atoms with Crippen molar-refractivity contribution in [1.82, 2.24) is 0 Å². The van der Waals surface area contributed by atoms with E-state index < -0.39 is 21.7 Å². The summed E-state index contributed by atoms with van der Waals surface area (Å²) in [5.41, 5.74) is -2.72. The minimum Gasteiger partial charge on any atom is -0.465 e. The minimum atomic E-state index is -0.711. The molecule has 0 radical (unpaired) electrons. The highest BCUT2D eigenvalue weighted by Gasteiger charge is 2.44. The summed E-state index contributed by atoms with van der Waals surface area (Å²) in [6, 6.07) is 0. The summed E-state index contributed by atoms with van der Waals surface area (Å²) in [5, 5.41) is 0. The maximum Gasteiger partial charge on any atom is 0.311 e. The maximum atomic E-state index is 12.7. The van der Waals surface area contributed by atoms with Crippen LogP contribution in [0.5, 0.6) is 0 Å². The summed E-state index contributed by atoms with van der Waals surface area (Å²) in [6.45, 7) is 27.6. The molecule has 0 aromatic carbocycles. The number of rotatable bonds is 27. The highest BCUT2D eigenvalue weighted by Crippen LogP contribution is 2.40. The zero-order chi connectivity index (χ0) is 38.9. The highest BCUT2D eigenvalue weighted by molar-refractivity contribution is 5.81. The summed E-state index contributed by atoms with van der Waals surface area (Å²) in [5.74, 6) is -0.425. The molecule has 8 heteroatoms. The molecule has 0 aliphatic rings. The number of esters is 4. The van der Waals surface area contributed by atoms with Crippen LogP contribution in [0.2, 0.25) is 0 Å². The first-order valence-electron chi connectivity index (χ1n) is 20.1. The summed E-state index contributed by atoms with van der Waals surface area (Å²) in [4.78, 5) is 50.0. The number of unbranched alkanes of at least 4 members (excludes halogenated alkanes) is 6. The fourth-order valence-corrected chi connectivity index (χ4v) is 5.92. The molecule has 0 aromatic heterocycles. The van der Waals surface area contributed by atoms with Crippen LogP contribution in [-0.2, 0) is 38.1 Å². The Morgan fingerprint density at radius 1 is 0.460 bits per heavy atom. The lowest BCUT2D eigenvalue weighted by Gasteiger charge is -2.34. The molecule has 0 fully saturated rings. The molecule has 0 saturated heterocycles. The smallest absolute Gasteiger partial charge is 0.311 e. The first kappa shape index (κ1) is 50.0. The third-order valence-electron chi connectivity index (χ3n) is 10.0. The molecule has 0 aromatic rings. The van der Waals surface area contributed by atoms with Gasteiger partial charge in [0.15, 0.2) is 0 Å². The van der Waals surface area contributed by atoms with Crippen LogP contribution >= 0.6 is 0 Å². The summed E-state index contributed by atoms with van der Waals surface area (Å²) in [6.07, 6.45) is 14.6. The lowest BCUT2D eigenvalue weighted by molar-refractivity contribution is -0.165. The van der Waals surface area contributed by atoms with Gasteiger partial charge in [-0.25, -0.2) is 0 Å². The molecule has 0 aliphatic heterocycles. The van der Waals surface area contributed by atoms with E-state index in [0.717, 1.165) is 70.6 Å². The standard InChI is InChI=1S/C22H42O4.C20H38O4/c1-8-12-14-18(10-3)16-26-19(23)21(5,6)17-22(7,11-4)20(24)25-15-13-9-2;1-7-10-12-13-15-23-17(21)19(4,5)16-20(6,9-3)18(22)24-14-11-8-2/h18H,8-17H2,1-7H3;7-16H2,1-6H3. The highest BCUT2D eigenvalue weighted by atomic mass is 16.5. The summed E-state index contributed by atoms with van der Waals surface area (Å²) in [7, 11) is 0. The van der Waals surface area contributed by atoms with Crippen molar-refractivity contribution in [2.24, 2.45) is 27.6 Å². The van der Waals surface area contributed by atoms with Gasteiger partial charge < -0.3 is 18.9 Å². The molecular weight excluding hydrogens is 632 g/mol. The maximum absolute atomic E-state index is 12.7. The first-order valence-corrected chi connectivity index (χ1v) is 20.1. The fraction of sp³-hybridized carbons (Fsp3) is 0.905. The van der Waals surface area contributed by atoms with Crippen LogP contribution in [0.3, 0.4) is 0 Å². The van der Waals surface area contributed by atoms with E-state index in [2.05, 4.69) is 34.6 Å². The van der Waals surface area contributed by atoms with Crippen molar-refractivity contribution >= 4 is 23.9 Å². The molecule has 3 unspecified atom stereocenters. The Kier molecular flexibility index (Phi) is 26.6. The van der Waals surface area contributed by atoms with Crippen LogP contribution < -0.4 is 0 Å². The predicted molar refractivity (Wildman–Crippen MR) is 205 cm³/mol. The molecule has 0 rings (SSSR count). The van der Waals surface area contributed by atoms with Crippen molar-refractivity contribution in [2.45, 2.75) is 193 Å².